The lowest BCUT2D eigenvalue weighted by molar-refractivity contribution is -0.131. The summed E-state index contributed by atoms with van der Waals surface area (Å²) >= 11 is 7.06. The van der Waals surface area contributed by atoms with Crippen LogP contribution in [-0.2, 0) is 4.79 Å². The summed E-state index contributed by atoms with van der Waals surface area (Å²) in [6.45, 7) is 1.34. The van der Waals surface area contributed by atoms with Crippen LogP contribution in [0.15, 0.2) is 87.8 Å². The van der Waals surface area contributed by atoms with Crippen molar-refractivity contribution in [1.29, 1.82) is 0 Å². The van der Waals surface area contributed by atoms with Gasteiger partial charge in [-0.15, -0.1) is 0 Å². The summed E-state index contributed by atoms with van der Waals surface area (Å²) in [5.74, 6) is -0.0158. The maximum atomic E-state index is 12.8. The van der Waals surface area contributed by atoms with Crippen molar-refractivity contribution in [2.45, 2.75) is 6.92 Å². The summed E-state index contributed by atoms with van der Waals surface area (Å²) in [6.07, 6.45) is 0. The number of rotatable bonds is 4. The van der Waals surface area contributed by atoms with E-state index in [1.165, 1.54) is 6.92 Å². The zero-order valence-corrected chi connectivity index (χ0v) is 20.2. The van der Waals surface area contributed by atoms with Crippen LogP contribution < -0.4 is 15.4 Å². The topological polar surface area (TPSA) is 67.4 Å². The normalized spacial score (nSPS) is 10.6. The van der Waals surface area contributed by atoms with E-state index >= 15 is 0 Å². The molecule has 4 aromatic carbocycles. The first-order valence-corrected chi connectivity index (χ1v) is 11.3. The van der Waals surface area contributed by atoms with Gasteiger partial charge in [0.15, 0.2) is 0 Å². The summed E-state index contributed by atoms with van der Waals surface area (Å²) in [5, 5.41) is 7.38. The Kier molecular flexibility index (Phi) is 6.58. The van der Waals surface area contributed by atoms with E-state index in [9.17, 15) is 9.59 Å². The Labute approximate surface area is 202 Å². The molecule has 0 aliphatic carbocycles. The van der Waals surface area contributed by atoms with E-state index in [1.54, 1.807) is 12.1 Å². The molecule has 32 heavy (non-hydrogen) atoms. The van der Waals surface area contributed by atoms with E-state index in [0.29, 0.717) is 21.6 Å². The van der Waals surface area contributed by atoms with Gasteiger partial charge in [0.05, 0.1) is 5.69 Å². The Morgan fingerprint density at radius 2 is 1.50 bits per heavy atom. The highest BCUT2D eigenvalue weighted by atomic mass is 79.9. The molecule has 0 saturated heterocycles. The monoisotopic (exact) mass is 552 g/mol. The second-order valence-corrected chi connectivity index (χ2v) is 8.75. The summed E-state index contributed by atoms with van der Waals surface area (Å²) in [6, 6.07) is 24.3. The van der Waals surface area contributed by atoms with E-state index in [1.807, 2.05) is 66.7 Å². The van der Waals surface area contributed by atoms with Gasteiger partial charge in [-0.3, -0.25) is 4.79 Å². The molecule has 7 heteroatoms. The van der Waals surface area contributed by atoms with Crippen molar-refractivity contribution in [3.05, 3.63) is 87.8 Å². The van der Waals surface area contributed by atoms with E-state index in [-0.39, 0.29) is 0 Å². The Hall–Kier alpha value is -3.16. The average molecular weight is 554 g/mol. The van der Waals surface area contributed by atoms with Crippen LogP contribution in [0.5, 0.6) is 5.75 Å². The zero-order chi connectivity index (χ0) is 22.7. The molecule has 0 aliphatic rings. The molecule has 4 aromatic rings. The number of anilines is 2. The molecule has 0 atom stereocenters. The molecule has 0 bridgehead atoms. The van der Waals surface area contributed by atoms with Gasteiger partial charge in [-0.2, -0.15) is 0 Å². The van der Waals surface area contributed by atoms with E-state index in [2.05, 4.69) is 42.5 Å². The molecular weight excluding hydrogens is 536 g/mol. The molecule has 0 fully saturated rings. The van der Waals surface area contributed by atoms with Crippen molar-refractivity contribution < 1.29 is 14.3 Å². The molecule has 0 radical (unpaired) electrons. The Morgan fingerprint density at radius 3 is 2.25 bits per heavy atom. The number of carbonyl (C=O) groups is 2. The predicted molar refractivity (Wildman–Crippen MR) is 135 cm³/mol. The summed E-state index contributed by atoms with van der Waals surface area (Å²) in [5.41, 5.74) is 3.30. The SMILES string of the molecule is CC(=O)Oc1ccc2c(Br)cc(Br)c(NC(=O)Nc3cccc(-c4ccccc4)c3)c2c1. The number of carbonyl (C=O) groups excluding carboxylic acids is 2. The molecular formula is C25H18Br2N2O3. The van der Waals surface area contributed by atoms with Crippen LogP contribution in [0.25, 0.3) is 21.9 Å². The first-order chi connectivity index (χ1) is 15.4. The minimum atomic E-state index is -0.413. The average Bonchev–Trinajstić information content (AvgIpc) is 2.77. The molecule has 0 heterocycles. The first kappa shape index (κ1) is 22.0. The standard InChI is InChI=1S/C25H18Br2N2O3/c1-15(30)32-19-10-11-20-21(13-19)24(23(27)14-22(20)26)29-25(31)28-18-9-5-8-17(12-18)16-6-3-2-4-7-16/h2-14H,1H3,(H2,28,29,31). The van der Waals surface area contributed by atoms with Gasteiger partial charge in [0.25, 0.3) is 0 Å². The van der Waals surface area contributed by atoms with E-state index in [0.717, 1.165) is 26.4 Å². The molecule has 2 amide bonds. The summed E-state index contributed by atoms with van der Waals surface area (Å²) < 4.78 is 6.74. The minimum absolute atomic E-state index is 0.391. The van der Waals surface area contributed by atoms with E-state index < -0.39 is 12.0 Å². The van der Waals surface area contributed by atoms with Crippen molar-refractivity contribution in [2.24, 2.45) is 0 Å². The number of esters is 1. The number of amides is 2. The molecule has 0 unspecified atom stereocenters. The lowest BCUT2D eigenvalue weighted by Gasteiger charge is -2.15. The molecule has 4 rings (SSSR count). The number of halogens is 2. The van der Waals surface area contributed by atoms with Gasteiger partial charge >= 0.3 is 12.0 Å². The largest absolute Gasteiger partial charge is 0.427 e. The Bertz CT molecular complexity index is 1320. The molecule has 160 valence electrons. The zero-order valence-electron chi connectivity index (χ0n) is 17.0. The van der Waals surface area contributed by atoms with Crippen LogP contribution in [0.2, 0.25) is 0 Å². The van der Waals surface area contributed by atoms with Gasteiger partial charge in [-0.25, -0.2) is 4.79 Å². The van der Waals surface area contributed by atoms with Gasteiger partial charge in [-0.05, 0) is 68.8 Å². The number of hydrogen-bond acceptors (Lipinski definition) is 3. The van der Waals surface area contributed by atoms with E-state index in [4.69, 9.17) is 4.74 Å². The number of ether oxygens (including phenoxy) is 1. The van der Waals surface area contributed by atoms with Gasteiger partial charge in [-0.1, -0.05) is 58.4 Å². The number of hydrogen-bond donors (Lipinski definition) is 2. The van der Waals surface area contributed by atoms with Crippen LogP contribution in [0.4, 0.5) is 16.2 Å². The lowest BCUT2D eigenvalue weighted by Crippen LogP contribution is -2.20. The molecule has 0 saturated carbocycles. The minimum Gasteiger partial charge on any atom is -0.427 e. The fourth-order valence-electron chi connectivity index (χ4n) is 3.37. The first-order valence-electron chi connectivity index (χ1n) is 9.74. The predicted octanol–water partition coefficient (Wildman–Crippen LogP) is 7.60. The second-order valence-electron chi connectivity index (χ2n) is 7.04. The third-order valence-corrected chi connectivity index (χ3v) is 6.02. The highest BCUT2D eigenvalue weighted by Crippen LogP contribution is 2.38. The maximum Gasteiger partial charge on any atom is 0.323 e. The van der Waals surface area contributed by atoms with Gasteiger partial charge in [0, 0.05) is 26.9 Å². The maximum absolute atomic E-state index is 12.8. The fourth-order valence-corrected chi connectivity index (χ4v) is 4.79. The Balaban J connectivity index is 1.62. The van der Waals surface area contributed by atoms with Crippen LogP contribution in [-0.4, -0.2) is 12.0 Å². The van der Waals surface area contributed by atoms with Crippen molar-refractivity contribution in [3.63, 3.8) is 0 Å². The molecule has 0 aromatic heterocycles. The fraction of sp³-hybridized carbons (Fsp3) is 0.0400. The third-order valence-electron chi connectivity index (χ3n) is 4.74. The smallest absolute Gasteiger partial charge is 0.323 e. The number of nitrogens with one attached hydrogen (secondary N) is 2. The van der Waals surface area contributed by atoms with Crippen molar-refractivity contribution in [2.75, 3.05) is 10.6 Å². The number of urea groups is 1. The third kappa shape index (κ3) is 5.00. The number of benzene rings is 4. The van der Waals surface area contributed by atoms with Crippen molar-refractivity contribution >= 4 is 66.0 Å². The summed E-state index contributed by atoms with van der Waals surface area (Å²) in [4.78, 5) is 24.2. The van der Waals surface area contributed by atoms with Crippen molar-refractivity contribution in [1.82, 2.24) is 0 Å². The number of fused-ring (bicyclic) bond motifs is 1. The molecule has 5 nitrogen and oxygen atoms in total. The van der Waals surface area contributed by atoms with Crippen LogP contribution in [0.1, 0.15) is 6.92 Å². The van der Waals surface area contributed by atoms with Crippen LogP contribution in [0.3, 0.4) is 0 Å². The Morgan fingerprint density at radius 1 is 0.750 bits per heavy atom. The van der Waals surface area contributed by atoms with Crippen molar-refractivity contribution in [3.8, 4) is 16.9 Å². The molecule has 2 N–H and O–H groups in total. The van der Waals surface area contributed by atoms with Gasteiger partial charge < -0.3 is 15.4 Å². The summed E-state index contributed by atoms with van der Waals surface area (Å²) in [7, 11) is 0. The molecule has 0 spiro atoms. The van der Waals surface area contributed by atoms with Crippen LogP contribution in [0, 0.1) is 0 Å². The quantitative estimate of drug-likeness (QED) is 0.202. The second kappa shape index (κ2) is 9.54. The highest BCUT2D eigenvalue weighted by molar-refractivity contribution is 9.11. The molecule has 0 aliphatic heterocycles. The van der Waals surface area contributed by atoms with Crippen LogP contribution >= 0.6 is 31.9 Å². The lowest BCUT2D eigenvalue weighted by atomic mass is 10.1. The highest BCUT2D eigenvalue weighted by Gasteiger charge is 2.14. The van der Waals surface area contributed by atoms with Gasteiger partial charge in [0.1, 0.15) is 5.75 Å². The van der Waals surface area contributed by atoms with Gasteiger partial charge in [0.2, 0.25) is 0 Å².